The van der Waals surface area contributed by atoms with Gasteiger partial charge in [-0.2, -0.15) is 0 Å². The number of hydrogen-bond acceptors (Lipinski definition) is 2. The molecule has 0 fully saturated rings. The standard InChI is InChI=1S/C11H19NO/c1-5-12-11(8(2)3)10-6-9(4)13-7-10/h6-8,11-12H,5H2,1-4H3. The molecular formula is C11H19NO. The molecule has 0 bridgehead atoms. The highest BCUT2D eigenvalue weighted by molar-refractivity contribution is 5.16. The Hall–Kier alpha value is -0.760. The van der Waals surface area contributed by atoms with Crippen molar-refractivity contribution in [2.24, 2.45) is 5.92 Å². The highest BCUT2D eigenvalue weighted by Crippen LogP contribution is 2.23. The second-order valence-corrected chi connectivity index (χ2v) is 3.77. The molecule has 1 N–H and O–H groups in total. The van der Waals surface area contributed by atoms with E-state index in [1.54, 1.807) is 0 Å². The Balaban J connectivity index is 2.75. The lowest BCUT2D eigenvalue weighted by Gasteiger charge is -2.19. The van der Waals surface area contributed by atoms with Gasteiger partial charge in [-0.3, -0.25) is 0 Å². The van der Waals surface area contributed by atoms with Crippen LogP contribution in [0.2, 0.25) is 0 Å². The molecule has 1 unspecified atom stereocenters. The minimum atomic E-state index is 0.419. The monoisotopic (exact) mass is 181 g/mol. The Morgan fingerprint density at radius 3 is 2.54 bits per heavy atom. The summed E-state index contributed by atoms with van der Waals surface area (Å²) in [6.45, 7) is 9.54. The Kier molecular flexibility index (Phi) is 3.55. The van der Waals surface area contributed by atoms with Crippen LogP contribution in [0.1, 0.15) is 38.1 Å². The van der Waals surface area contributed by atoms with Crippen LogP contribution in [0.3, 0.4) is 0 Å². The van der Waals surface area contributed by atoms with Crippen molar-refractivity contribution in [3.8, 4) is 0 Å². The van der Waals surface area contributed by atoms with Gasteiger partial charge in [-0.15, -0.1) is 0 Å². The summed E-state index contributed by atoms with van der Waals surface area (Å²) in [4.78, 5) is 0. The maximum absolute atomic E-state index is 5.30. The van der Waals surface area contributed by atoms with Crippen molar-refractivity contribution in [2.75, 3.05) is 6.54 Å². The minimum absolute atomic E-state index is 0.419. The molecule has 1 atom stereocenters. The molecule has 0 saturated carbocycles. The molecular weight excluding hydrogens is 162 g/mol. The predicted molar refractivity (Wildman–Crippen MR) is 54.7 cm³/mol. The molecule has 0 aromatic carbocycles. The molecule has 13 heavy (non-hydrogen) atoms. The van der Waals surface area contributed by atoms with Crippen molar-refractivity contribution in [3.63, 3.8) is 0 Å². The average molecular weight is 181 g/mol. The van der Waals surface area contributed by atoms with E-state index in [1.165, 1.54) is 5.56 Å². The van der Waals surface area contributed by atoms with E-state index in [0.29, 0.717) is 12.0 Å². The zero-order valence-corrected chi connectivity index (χ0v) is 8.92. The summed E-state index contributed by atoms with van der Waals surface area (Å²) in [5, 5.41) is 3.45. The molecule has 0 aliphatic carbocycles. The summed E-state index contributed by atoms with van der Waals surface area (Å²) < 4.78 is 5.30. The molecule has 1 aromatic heterocycles. The number of rotatable bonds is 4. The van der Waals surface area contributed by atoms with Gasteiger partial charge < -0.3 is 9.73 Å². The smallest absolute Gasteiger partial charge is 0.101 e. The number of hydrogen-bond donors (Lipinski definition) is 1. The van der Waals surface area contributed by atoms with Crippen molar-refractivity contribution < 1.29 is 4.42 Å². The highest BCUT2D eigenvalue weighted by atomic mass is 16.3. The first-order valence-corrected chi connectivity index (χ1v) is 4.93. The molecule has 0 spiro atoms. The predicted octanol–water partition coefficient (Wildman–Crippen LogP) is 2.89. The molecule has 0 aliphatic rings. The van der Waals surface area contributed by atoms with Crippen LogP contribution in [-0.2, 0) is 0 Å². The van der Waals surface area contributed by atoms with Crippen molar-refractivity contribution in [2.45, 2.75) is 33.7 Å². The zero-order chi connectivity index (χ0) is 9.84. The normalized spacial score (nSPS) is 13.6. The van der Waals surface area contributed by atoms with E-state index in [0.717, 1.165) is 12.3 Å². The molecule has 2 heteroatoms. The van der Waals surface area contributed by atoms with Crippen LogP contribution in [0.4, 0.5) is 0 Å². The molecule has 2 nitrogen and oxygen atoms in total. The van der Waals surface area contributed by atoms with E-state index in [2.05, 4.69) is 32.2 Å². The number of aryl methyl sites for hydroxylation is 1. The van der Waals surface area contributed by atoms with E-state index < -0.39 is 0 Å². The quantitative estimate of drug-likeness (QED) is 0.772. The largest absolute Gasteiger partial charge is 0.469 e. The van der Waals surface area contributed by atoms with E-state index in [-0.39, 0.29) is 0 Å². The van der Waals surface area contributed by atoms with E-state index >= 15 is 0 Å². The van der Waals surface area contributed by atoms with Gasteiger partial charge in [-0.05, 0) is 25.5 Å². The third-order valence-electron chi connectivity index (χ3n) is 2.20. The van der Waals surface area contributed by atoms with Crippen LogP contribution in [0, 0.1) is 12.8 Å². The first kappa shape index (κ1) is 10.3. The van der Waals surface area contributed by atoms with Gasteiger partial charge in [0.25, 0.3) is 0 Å². The summed E-state index contributed by atoms with van der Waals surface area (Å²) in [6, 6.07) is 2.52. The first-order chi connectivity index (χ1) is 6.15. The molecule has 0 radical (unpaired) electrons. The van der Waals surface area contributed by atoms with Gasteiger partial charge in [0.2, 0.25) is 0 Å². The topological polar surface area (TPSA) is 25.2 Å². The fourth-order valence-electron chi connectivity index (χ4n) is 1.59. The second kappa shape index (κ2) is 4.47. The van der Waals surface area contributed by atoms with Crippen LogP contribution in [0.5, 0.6) is 0 Å². The van der Waals surface area contributed by atoms with Crippen LogP contribution >= 0.6 is 0 Å². The highest BCUT2D eigenvalue weighted by Gasteiger charge is 2.15. The van der Waals surface area contributed by atoms with Crippen molar-refractivity contribution in [1.29, 1.82) is 0 Å². The number of furan rings is 1. The Morgan fingerprint density at radius 1 is 1.46 bits per heavy atom. The Bertz CT molecular complexity index is 252. The molecule has 0 aliphatic heterocycles. The Morgan fingerprint density at radius 2 is 2.15 bits per heavy atom. The summed E-state index contributed by atoms with van der Waals surface area (Å²) >= 11 is 0. The molecule has 1 aromatic rings. The molecule has 74 valence electrons. The maximum atomic E-state index is 5.30. The second-order valence-electron chi connectivity index (χ2n) is 3.77. The van der Waals surface area contributed by atoms with E-state index in [4.69, 9.17) is 4.42 Å². The molecule has 0 amide bonds. The fourth-order valence-corrected chi connectivity index (χ4v) is 1.59. The zero-order valence-electron chi connectivity index (χ0n) is 8.92. The SMILES string of the molecule is CCNC(c1coc(C)c1)C(C)C. The van der Waals surface area contributed by atoms with Gasteiger partial charge in [0, 0.05) is 11.6 Å². The first-order valence-electron chi connectivity index (χ1n) is 4.93. The van der Waals surface area contributed by atoms with Gasteiger partial charge >= 0.3 is 0 Å². The third-order valence-corrected chi connectivity index (χ3v) is 2.20. The summed E-state index contributed by atoms with van der Waals surface area (Å²) in [6.07, 6.45) is 1.85. The lowest BCUT2D eigenvalue weighted by atomic mass is 9.98. The van der Waals surface area contributed by atoms with Crippen LogP contribution < -0.4 is 5.32 Å². The van der Waals surface area contributed by atoms with E-state index in [9.17, 15) is 0 Å². The van der Waals surface area contributed by atoms with Crippen molar-refractivity contribution in [3.05, 3.63) is 23.7 Å². The summed E-state index contributed by atoms with van der Waals surface area (Å²) in [7, 11) is 0. The third kappa shape index (κ3) is 2.59. The van der Waals surface area contributed by atoms with Gasteiger partial charge in [0.15, 0.2) is 0 Å². The average Bonchev–Trinajstić information content (AvgIpc) is 2.46. The molecule has 1 heterocycles. The lowest BCUT2D eigenvalue weighted by molar-refractivity contribution is 0.416. The summed E-state index contributed by atoms with van der Waals surface area (Å²) in [5.41, 5.74) is 1.26. The lowest BCUT2D eigenvalue weighted by Crippen LogP contribution is -2.24. The molecule has 1 rings (SSSR count). The number of nitrogens with one attached hydrogen (secondary N) is 1. The van der Waals surface area contributed by atoms with Crippen molar-refractivity contribution in [1.82, 2.24) is 5.32 Å². The van der Waals surface area contributed by atoms with Crippen LogP contribution in [0.15, 0.2) is 16.7 Å². The van der Waals surface area contributed by atoms with Crippen LogP contribution in [-0.4, -0.2) is 6.54 Å². The minimum Gasteiger partial charge on any atom is -0.469 e. The Labute approximate surface area is 80.3 Å². The molecule has 0 saturated heterocycles. The fraction of sp³-hybridized carbons (Fsp3) is 0.636. The van der Waals surface area contributed by atoms with Crippen LogP contribution in [0.25, 0.3) is 0 Å². The van der Waals surface area contributed by atoms with Gasteiger partial charge in [0.05, 0.1) is 6.26 Å². The summed E-state index contributed by atoms with van der Waals surface area (Å²) in [5.74, 6) is 1.58. The van der Waals surface area contributed by atoms with Gasteiger partial charge in [-0.1, -0.05) is 20.8 Å². The van der Waals surface area contributed by atoms with Crippen molar-refractivity contribution >= 4 is 0 Å². The van der Waals surface area contributed by atoms with E-state index in [1.807, 2.05) is 13.2 Å². The maximum Gasteiger partial charge on any atom is 0.101 e. The van der Waals surface area contributed by atoms with Gasteiger partial charge in [0.1, 0.15) is 5.76 Å². The van der Waals surface area contributed by atoms with Gasteiger partial charge in [-0.25, -0.2) is 0 Å².